The summed E-state index contributed by atoms with van der Waals surface area (Å²) in [5, 5.41) is 9.02. The Balaban J connectivity index is 2.00. The summed E-state index contributed by atoms with van der Waals surface area (Å²) in [6.07, 6.45) is 3.90. The first-order valence-electron chi connectivity index (χ1n) is 6.94. The van der Waals surface area contributed by atoms with Crippen LogP contribution in [0.3, 0.4) is 0 Å². The van der Waals surface area contributed by atoms with Gasteiger partial charge in [0.2, 0.25) is 10.0 Å². The summed E-state index contributed by atoms with van der Waals surface area (Å²) in [6.45, 7) is 1.04. The molecule has 0 bridgehead atoms. The average Bonchev–Trinajstić information content (AvgIpc) is 2.47. The molecule has 7 heteroatoms. The number of anilines is 1. The van der Waals surface area contributed by atoms with Gasteiger partial charge in [-0.1, -0.05) is 0 Å². The topological polar surface area (TPSA) is 105 Å². The Hall–Kier alpha value is -1.62. The molecule has 2 rings (SSSR count). The zero-order chi connectivity index (χ0) is 15.3. The van der Waals surface area contributed by atoms with Gasteiger partial charge in [0, 0.05) is 18.8 Å². The van der Waals surface area contributed by atoms with Crippen molar-refractivity contribution in [2.75, 3.05) is 18.9 Å². The van der Waals surface area contributed by atoms with Gasteiger partial charge in [-0.3, -0.25) is 0 Å². The van der Waals surface area contributed by atoms with Crippen molar-refractivity contribution in [3.8, 4) is 6.07 Å². The van der Waals surface area contributed by atoms with Crippen molar-refractivity contribution in [1.29, 1.82) is 5.26 Å². The molecule has 114 valence electrons. The molecule has 1 atom stereocenters. The highest BCUT2D eigenvalue weighted by molar-refractivity contribution is 7.89. The van der Waals surface area contributed by atoms with Crippen LogP contribution in [-0.4, -0.2) is 27.7 Å². The molecule has 1 aliphatic rings. The van der Waals surface area contributed by atoms with Gasteiger partial charge in [0.1, 0.15) is 6.07 Å². The van der Waals surface area contributed by atoms with Gasteiger partial charge in [-0.15, -0.1) is 0 Å². The van der Waals surface area contributed by atoms with E-state index in [1.165, 1.54) is 18.2 Å². The molecular weight excluding hydrogens is 290 g/mol. The van der Waals surface area contributed by atoms with Crippen LogP contribution in [0.4, 0.5) is 5.69 Å². The van der Waals surface area contributed by atoms with Crippen molar-refractivity contribution in [3.63, 3.8) is 0 Å². The molecule has 1 fully saturated rings. The Morgan fingerprint density at radius 1 is 1.43 bits per heavy atom. The van der Waals surface area contributed by atoms with Crippen LogP contribution in [0, 0.1) is 11.3 Å². The summed E-state index contributed by atoms with van der Waals surface area (Å²) in [7, 11) is -3.70. The van der Waals surface area contributed by atoms with Crippen LogP contribution in [0.1, 0.15) is 31.2 Å². The van der Waals surface area contributed by atoms with E-state index in [-0.39, 0.29) is 16.6 Å². The van der Waals surface area contributed by atoms with Crippen molar-refractivity contribution in [1.82, 2.24) is 4.72 Å². The van der Waals surface area contributed by atoms with Gasteiger partial charge in [0.05, 0.1) is 16.6 Å². The molecule has 0 radical (unpaired) electrons. The third-order valence-electron chi connectivity index (χ3n) is 3.45. The first-order valence-corrected chi connectivity index (χ1v) is 8.42. The lowest BCUT2D eigenvalue weighted by Gasteiger charge is -2.22. The molecule has 0 spiro atoms. The van der Waals surface area contributed by atoms with Crippen LogP contribution >= 0.6 is 0 Å². The number of nitrogens with one attached hydrogen (secondary N) is 1. The lowest BCUT2D eigenvalue weighted by molar-refractivity contribution is 0.0123. The van der Waals surface area contributed by atoms with E-state index >= 15 is 0 Å². The van der Waals surface area contributed by atoms with Gasteiger partial charge < -0.3 is 10.5 Å². The zero-order valence-electron chi connectivity index (χ0n) is 11.7. The molecule has 0 amide bonds. The fourth-order valence-electron chi connectivity index (χ4n) is 2.34. The number of nitrogens with two attached hydrogens (primary N) is 1. The van der Waals surface area contributed by atoms with E-state index in [4.69, 9.17) is 15.7 Å². The van der Waals surface area contributed by atoms with E-state index in [1.54, 1.807) is 0 Å². The highest BCUT2D eigenvalue weighted by Crippen LogP contribution is 2.19. The quantitative estimate of drug-likeness (QED) is 0.799. The minimum Gasteiger partial charge on any atom is -0.399 e. The first kappa shape index (κ1) is 15.8. The number of nitriles is 1. The molecule has 1 aromatic carbocycles. The molecule has 1 aromatic rings. The normalized spacial score (nSPS) is 19.1. The fourth-order valence-corrected chi connectivity index (χ4v) is 3.52. The van der Waals surface area contributed by atoms with Gasteiger partial charge in [0.15, 0.2) is 0 Å². The van der Waals surface area contributed by atoms with Crippen molar-refractivity contribution in [2.24, 2.45) is 0 Å². The minimum absolute atomic E-state index is 0.0382. The van der Waals surface area contributed by atoms with E-state index in [9.17, 15) is 8.42 Å². The maximum atomic E-state index is 12.2. The standard InChI is InChI=1S/C14H19N3O3S/c15-10-11-9-12(16)4-5-14(11)21(18,19)17-7-6-13-3-1-2-8-20-13/h4-5,9,13,17H,1-3,6-8,16H2. The Kier molecular flexibility index (Phi) is 5.17. The highest BCUT2D eigenvalue weighted by Gasteiger charge is 2.20. The molecule has 1 heterocycles. The molecule has 0 saturated carbocycles. The zero-order valence-corrected chi connectivity index (χ0v) is 12.5. The molecule has 0 aliphatic carbocycles. The molecule has 3 N–H and O–H groups in total. The second-order valence-corrected chi connectivity index (χ2v) is 6.78. The van der Waals surface area contributed by atoms with Crippen molar-refractivity contribution < 1.29 is 13.2 Å². The third-order valence-corrected chi connectivity index (χ3v) is 4.97. The van der Waals surface area contributed by atoms with E-state index in [0.717, 1.165) is 25.9 Å². The van der Waals surface area contributed by atoms with Crippen molar-refractivity contribution >= 4 is 15.7 Å². The smallest absolute Gasteiger partial charge is 0.241 e. The number of hydrogen-bond acceptors (Lipinski definition) is 5. The average molecular weight is 309 g/mol. The van der Waals surface area contributed by atoms with Crippen LogP contribution < -0.4 is 10.5 Å². The Bertz CT molecular complexity index is 631. The summed E-state index contributed by atoms with van der Waals surface area (Å²) in [5.74, 6) is 0. The second-order valence-electron chi connectivity index (χ2n) is 5.04. The lowest BCUT2D eigenvalue weighted by Crippen LogP contribution is -2.30. The second kappa shape index (κ2) is 6.89. The molecule has 0 aromatic heterocycles. The number of rotatable bonds is 5. The Morgan fingerprint density at radius 2 is 2.24 bits per heavy atom. The monoisotopic (exact) mass is 309 g/mol. The van der Waals surface area contributed by atoms with E-state index in [2.05, 4.69) is 4.72 Å². The SMILES string of the molecule is N#Cc1cc(N)ccc1S(=O)(=O)NCCC1CCCCO1. The lowest BCUT2D eigenvalue weighted by atomic mass is 10.1. The third kappa shape index (κ3) is 4.17. The predicted molar refractivity (Wildman–Crippen MR) is 79.0 cm³/mol. The molecule has 21 heavy (non-hydrogen) atoms. The molecule has 6 nitrogen and oxygen atoms in total. The predicted octanol–water partition coefficient (Wildman–Crippen LogP) is 1.38. The van der Waals surface area contributed by atoms with Crippen LogP contribution in [-0.2, 0) is 14.8 Å². The highest BCUT2D eigenvalue weighted by atomic mass is 32.2. The van der Waals surface area contributed by atoms with Crippen LogP contribution in [0.15, 0.2) is 23.1 Å². The molecular formula is C14H19N3O3S. The largest absolute Gasteiger partial charge is 0.399 e. The summed E-state index contributed by atoms with van der Waals surface area (Å²) in [5.41, 5.74) is 5.98. The minimum atomic E-state index is -3.70. The van der Waals surface area contributed by atoms with Gasteiger partial charge >= 0.3 is 0 Å². The van der Waals surface area contributed by atoms with Crippen LogP contribution in [0.25, 0.3) is 0 Å². The van der Waals surface area contributed by atoms with E-state index < -0.39 is 10.0 Å². The summed E-state index contributed by atoms with van der Waals surface area (Å²) >= 11 is 0. The number of nitrogen functional groups attached to an aromatic ring is 1. The van der Waals surface area contributed by atoms with Gasteiger partial charge in [-0.25, -0.2) is 13.1 Å². The first-order chi connectivity index (χ1) is 10.0. The van der Waals surface area contributed by atoms with E-state index in [1.807, 2.05) is 6.07 Å². The summed E-state index contributed by atoms with van der Waals surface area (Å²) < 4.78 is 32.5. The van der Waals surface area contributed by atoms with Crippen molar-refractivity contribution in [2.45, 2.75) is 36.7 Å². The summed E-state index contributed by atoms with van der Waals surface area (Å²) in [6, 6.07) is 6.04. The van der Waals surface area contributed by atoms with Gasteiger partial charge in [-0.2, -0.15) is 5.26 Å². The fraction of sp³-hybridized carbons (Fsp3) is 0.500. The van der Waals surface area contributed by atoms with Crippen LogP contribution in [0.2, 0.25) is 0 Å². The number of hydrogen-bond donors (Lipinski definition) is 2. The number of benzene rings is 1. The van der Waals surface area contributed by atoms with Crippen molar-refractivity contribution in [3.05, 3.63) is 23.8 Å². The maximum absolute atomic E-state index is 12.2. The van der Waals surface area contributed by atoms with Gasteiger partial charge in [0.25, 0.3) is 0 Å². The Morgan fingerprint density at radius 3 is 2.90 bits per heavy atom. The molecule has 1 saturated heterocycles. The number of ether oxygens (including phenoxy) is 1. The number of nitrogens with zero attached hydrogens (tertiary/aromatic N) is 1. The molecule has 1 aliphatic heterocycles. The van der Waals surface area contributed by atoms with E-state index in [0.29, 0.717) is 18.7 Å². The Labute approximate surface area is 125 Å². The number of sulfonamides is 1. The van der Waals surface area contributed by atoms with Gasteiger partial charge in [-0.05, 0) is 43.9 Å². The summed E-state index contributed by atoms with van der Waals surface area (Å²) in [4.78, 5) is -0.0382. The maximum Gasteiger partial charge on any atom is 0.241 e. The van der Waals surface area contributed by atoms with Crippen LogP contribution in [0.5, 0.6) is 0 Å². The molecule has 1 unspecified atom stereocenters.